The molecule has 0 aromatic carbocycles. The Bertz CT molecular complexity index is 487. The van der Waals surface area contributed by atoms with E-state index in [9.17, 15) is 0 Å². The molecule has 0 spiro atoms. The molecule has 2 aromatic rings. The van der Waals surface area contributed by atoms with Crippen LogP contribution in [0, 0.1) is 0 Å². The van der Waals surface area contributed by atoms with Gasteiger partial charge >= 0.3 is 0 Å². The highest BCUT2D eigenvalue weighted by Crippen LogP contribution is 2.24. The van der Waals surface area contributed by atoms with Crippen LogP contribution >= 0.6 is 0 Å². The molecule has 2 aromatic heterocycles. The van der Waals surface area contributed by atoms with Gasteiger partial charge in [-0.25, -0.2) is 0 Å². The van der Waals surface area contributed by atoms with E-state index in [1.807, 2.05) is 0 Å². The number of aromatic nitrogens is 2. The molecule has 6 nitrogen and oxygen atoms in total. The number of nitrogens with zero attached hydrogens (tertiary/aromatic N) is 2. The van der Waals surface area contributed by atoms with E-state index >= 15 is 0 Å². The Kier molecular flexibility index (Phi) is 2.24. The molecule has 0 unspecified atom stereocenters. The highest BCUT2D eigenvalue weighted by Gasteiger charge is 2.05. The summed E-state index contributed by atoms with van der Waals surface area (Å²) in [6.07, 6.45) is 2.97. The number of rotatable bonds is 1. The van der Waals surface area contributed by atoms with E-state index in [1.54, 1.807) is 12.1 Å². The van der Waals surface area contributed by atoms with Crippen LogP contribution in [0.1, 0.15) is 0 Å². The van der Waals surface area contributed by atoms with Gasteiger partial charge in [-0.3, -0.25) is 9.97 Å². The first-order valence-corrected chi connectivity index (χ1v) is 4.60. The summed E-state index contributed by atoms with van der Waals surface area (Å²) < 4.78 is 0. The molecule has 0 saturated heterocycles. The first-order valence-electron chi connectivity index (χ1n) is 4.60. The van der Waals surface area contributed by atoms with E-state index in [4.69, 9.17) is 22.9 Å². The molecular weight excluding hydrogens is 204 g/mol. The van der Waals surface area contributed by atoms with E-state index in [2.05, 4.69) is 9.97 Å². The van der Waals surface area contributed by atoms with Crippen LogP contribution in [0.2, 0.25) is 0 Å². The van der Waals surface area contributed by atoms with Crippen molar-refractivity contribution in [3.63, 3.8) is 0 Å². The van der Waals surface area contributed by atoms with E-state index in [-0.39, 0.29) is 0 Å². The molecule has 0 amide bonds. The summed E-state index contributed by atoms with van der Waals surface area (Å²) in [6, 6.07) is 3.29. The van der Waals surface area contributed by atoms with Crippen molar-refractivity contribution in [3.8, 4) is 11.4 Å². The SMILES string of the molecule is Nc1cnc(-c2cc(N)c(N)cn2)cc1N. The third kappa shape index (κ3) is 1.68. The Hall–Kier alpha value is -2.50. The van der Waals surface area contributed by atoms with Crippen LogP contribution in [0.25, 0.3) is 11.4 Å². The van der Waals surface area contributed by atoms with Gasteiger partial charge in [0.2, 0.25) is 0 Å². The van der Waals surface area contributed by atoms with Crippen LogP contribution in [0.3, 0.4) is 0 Å². The van der Waals surface area contributed by atoms with Gasteiger partial charge in [-0.15, -0.1) is 0 Å². The molecule has 0 radical (unpaired) electrons. The maximum atomic E-state index is 5.68. The predicted molar refractivity (Wildman–Crippen MR) is 65.1 cm³/mol. The second kappa shape index (κ2) is 3.58. The average molecular weight is 216 g/mol. The van der Waals surface area contributed by atoms with Crippen molar-refractivity contribution in [1.29, 1.82) is 0 Å². The molecule has 0 aliphatic heterocycles. The van der Waals surface area contributed by atoms with Gasteiger partial charge in [-0.1, -0.05) is 0 Å². The molecule has 0 atom stereocenters. The highest BCUT2D eigenvalue weighted by atomic mass is 14.8. The van der Waals surface area contributed by atoms with Gasteiger partial charge < -0.3 is 22.9 Å². The summed E-state index contributed by atoms with van der Waals surface area (Å²) in [6.45, 7) is 0. The van der Waals surface area contributed by atoms with Gasteiger partial charge in [0.05, 0.1) is 46.5 Å². The summed E-state index contributed by atoms with van der Waals surface area (Å²) in [5.41, 5.74) is 25.5. The minimum atomic E-state index is 0.437. The molecule has 82 valence electrons. The summed E-state index contributed by atoms with van der Waals surface area (Å²) in [4.78, 5) is 8.23. The number of nitrogens with two attached hydrogens (primary N) is 4. The van der Waals surface area contributed by atoms with Crippen LogP contribution in [0.5, 0.6) is 0 Å². The molecular formula is C10H12N6. The standard InChI is InChI=1S/C10H12N6/c11-5-1-9(15-3-7(5)13)10-2-6(12)8(14)4-16-10/h1-4H,13-14H2,(H2,11,15)(H2,12,16). The zero-order chi connectivity index (χ0) is 11.7. The second-order valence-electron chi connectivity index (χ2n) is 3.40. The maximum absolute atomic E-state index is 5.68. The molecule has 16 heavy (non-hydrogen) atoms. The molecule has 8 N–H and O–H groups in total. The third-order valence-electron chi connectivity index (χ3n) is 2.20. The summed E-state index contributed by atoms with van der Waals surface area (Å²) >= 11 is 0. The summed E-state index contributed by atoms with van der Waals surface area (Å²) in [5, 5.41) is 0. The lowest BCUT2D eigenvalue weighted by Crippen LogP contribution is -1.99. The lowest BCUT2D eigenvalue weighted by molar-refractivity contribution is 1.25. The van der Waals surface area contributed by atoms with Crippen molar-refractivity contribution in [2.75, 3.05) is 22.9 Å². The number of hydrogen-bond acceptors (Lipinski definition) is 6. The van der Waals surface area contributed by atoms with Crippen molar-refractivity contribution in [2.24, 2.45) is 0 Å². The van der Waals surface area contributed by atoms with Gasteiger partial charge in [-0.2, -0.15) is 0 Å². The minimum Gasteiger partial charge on any atom is -0.397 e. The first kappa shape index (κ1) is 10.0. The molecule has 0 fully saturated rings. The van der Waals surface area contributed by atoms with E-state index in [0.717, 1.165) is 0 Å². The van der Waals surface area contributed by atoms with Crippen molar-refractivity contribution >= 4 is 22.7 Å². The smallest absolute Gasteiger partial charge is 0.0909 e. The van der Waals surface area contributed by atoms with E-state index in [0.29, 0.717) is 34.1 Å². The number of nitrogen functional groups attached to an aromatic ring is 4. The Morgan fingerprint density at radius 3 is 1.31 bits per heavy atom. The normalized spacial score (nSPS) is 10.2. The van der Waals surface area contributed by atoms with Crippen LogP contribution in [-0.2, 0) is 0 Å². The highest BCUT2D eigenvalue weighted by molar-refractivity contribution is 5.73. The van der Waals surface area contributed by atoms with Crippen molar-refractivity contribution < 1.29 is 0 Å². The summed E-state index contributed by atoms with van der Waals surface area (Å²) in [7, 11) is 0. The molecule has 2 rings (SSSR count). The Labute approximate surface area is 92.3 Å². The minimum absolute atomic E-state index is 0.437. The Morgan fingerprint density at radius 1 is 0.625 bits per heavy atom. The van der Waals surface area contributed by atoms with E-state index < -0.39 is 0 Å². The second-order valence-corrected chi connectivity index (χ2v) is 3.40. The first-order chi connectivity index (χ1) is 7.58. The molecule has 2 heterocycles. The van der Waals surface area contributed by atoms with Gasteiger partial charge in [0.15, 0.2) is 0 Å². The fourth-order valence-corrected chi connectivity index (χ4v) is 1.24. The van der Waals surface area contributed by atoms with Crippen LogP contribution in [0.4, 0.5) is 22.7 Å². The third-order valence-corrected chi connectivity index (χ3v) is 2.20. The van der Waals surface area contributed by atoms with E-state index in [1.165, 1.54) is 12.4 Å². The van der Waals surface area contributed by atoms with Gasteiger partial charge in [-0.05, 0) is 12.1 Å². The largest absolute Gasteiger partial charge is 0.397 e. The predicted octanol–water partition coefficient (Wildman–Crippen LogP) is 0.472. The molecule has 0 aliphatic carbocycles. The van der Waals surface area contributed by atoms with Gasteiger partial charge in [0.1, 0.15) is 0 Å². The van der Waals surface area contributed by atoms with Crippen LogP contribution < -0.4 is 22.9 Å². The molecule has 6 heteroatoms. The molecule has 0 aliphatic rings. The quantitative estimate of drug-likeness (QED) is 0.548. The average Bonchev–Trinajstić information content (AvgIpc) is 2.26. The molecule has 0 saturated carbocycles. The van der Waals surface area contributed by atoms with Crippen molar-refractivity contribution in [2.45, 2.75) is 0 Å². The maximum Gasteiger partial charge on any atom is 0.0909 e. The van der Waals surface area contributed by atoms with Crippen LogP contribution in [-0.4, -0.2) is 9.97 Å². The fraction of sp³-hybridized carbons (Fsp3) is 0. The summed E-state index contributed by atoms with van der Waals surface area (Å²) in [5.74, 6) is 0. The monoisotopic (exact) mass is 216 g/mol. The van der Waals surface area contributed by atoms with Crippen molar-refractivity contribution in [1.82, 2.24) is 9.97 Å². The van der Waals surface area contributed by atoms with Crippen molar-refractivity contribution in [3.05, 3.63) is 24.5 Å². The lowest BCUT2D eigenvalue weighted by atomic mass is 10.2. The topological polar surface area (TPSA) is 130 Å². The van der Waals surface area contributed by atoms with Gasteiger partial charge in [0, 0.05) is 0 Å². The van der Waals surface area contributed by atoms with Gasteiger partial charge in [0.25, 0.3) is 0 Å². The zero-order valence-electron chi connectivity index (χ0n) is 8.51. The fourth-order valence-electron chi connectivity index (χ4n) is 1.24. The molecule has 0 bridgehead atoms. The zero-order valence-corrected chi connectivity index (χ0v) is 8.51. The Balaban J connectivity index is 2.50. The van der Waals surface area contributed by atoms with Crippen LogP contribution in [0.15, 0.2) is 24.5 Å². The number of pyridine rings is 2. The number of hydrogen-bond donors (Lipinski definition) is 4. The Morgan fingerprint density at radius 2 is 1.00 bits per heavy atom. The lowest BCUT2D eigenvalue weighted by Gasteiger charge is -2.05. The number of anilines is 4.